The molecule has 3 amide bonds. The second-order valence-corrected chi connectivity index (χ2v) is 5.64. The minimum Gasteiger partial charge on any atom is -0.355 e. The number of aryl methyl sites for hydroxylation is 1. The molecule has 0 saturated heterocycles. The number of nitrogens with two attached hydrogens (primary N) is 1. The van der Waals surface area contributed by atoms with Crippen LogP contribution < -0.4 is 21.7 Å². The van der Waals surface area contributed by atoms with E-state index in [1.165, 1.54) is 7.05 Å². The molecule has 0 saturated carbocycles. The number of carbonyl (C=O) groups excluding carboxylic acids is 3. The van der Waals surface area contributed by atoms with Gasteiger partial charge in [0.1, 0.15) is 0 Å². The molecule has 5 N–H and O–H groups in total. The summed E-state index contributed by atoms with van der Waals surface area (Å²) in [5.74, 6) is -1.00. The number of hydrogen-bond donors (Lipinski definition) is 4. The Kier molecular flexibility index (Phi) is 9.02. The van der Waals surface area contributed by atoms with Crippen LogP contribution in [0.4, 0.5) is 5.69 Å². The fourth-order valence-corrected chi connectivity index (χ4v) is 1.82. The molecule has 7 nitrogen and oxygen atoms in total. The first-order chi connectivity index (χ1) is 10.8. The van der Waals surface area contributed by atoms with Gasteiger partial charge < -0.3 is 21.7 Å². The number of nitrogens with one attached hydrogen (secondary N) is 3. The molecule has 0 aromatic heterocycles. The van der Waals surface area contributed by atoms with Gasteiger partial charge in [0.15, 0.2) is 0 Å². The lowest BCUT2D eigenvalue weighted by Gasteiger charge is -2.15. The molecule has 1 aromatic rings. The highest BCUT2D eigenvalue weighted by molar-refractivity contribution is 5.99. The van der Waals surface area contributed by atoms with Crippen LogP contribution in [0, 0.1) is 12.8 Å². The van der Waals surface area contributed by atoms with E-state index >= 15 is 0 Å². The first-order valence-electron chi connectivity index (χ1n) is 7.42. The normalized spacial score (nSPS) is 11.2. The second kappa shape index (κ2) is 9.89. The number of halogens is 1. The van der Waals surface area contributed by atoms with E-state index in [0.29, 0.717) is 11.3 Å². The summed E-state index contributed by atoms with van der Waals surface area (Å²) >= 11 is 0. The third-order valence-corrected chi connectivity index (χ3v) is 3.45. The Morgan fingerprint density at radius 1 is 1.21 bits per heavy atom. The molecule has 8 heteroatoms. The molecule has 0 heterocycles. The molecule has 0 aliphatic rings. The lowest BCUT2D eigenvalue weighted by Crippen LogP contribution is -2.46. The summed E-state index contributed by atoms with van der Waals surface area (Å²) in [6, 6.07) is 4.36. The monoisotopic (exact) mass is 356 g/mol. The Morgan fingerprint density at radius 3 is 2.38 bits per heavy atom. The summed E-state index contributed by atoms with van der Waals surface area (Å²) in [6.07, 6.45) is 0. The van der Waals surface area contributed by atoms with E-state index in [0.717, 1.165) is 5.56 Å². The molecule has 0 unspecified atom stereocenters. The lowest BCUT2D eigenvalue weighted by molar-refractivity contribution is -0.125. The molecule has 0 fully saturated rings. The molecule has 0 spiro atoms. The average molecular weight is 357 g/mol. The highest BCUT2D eigenvalue weighted by Crippen LogP contribution is 2.16. The van der Waals surface area contributed by atoms with Crippen molar-refractivity contribution in [2.24, 2.45) is 11.7 Å². The van der Waals surface area contributed by atoms with Crippen molar-refractivity contribution in [3.8, 4) is 0 Å². The van der Waals surface area contributed by atoms with Crippen LogP contribution in [0.1, 0.15) is 29.8 Å². The van der Waals surface area contributed by atoms with Gasteiger partial charge in [-0.1, -0.05) is 19.9 Å². The molecule has 24 heavy (non-hydrogen) atoms. The van der Waals surface area contributed by atoms with E-state index in [9.17, 15) is 14.4 Å². The van der Waals surface area contributed by atoms with Crippen molar-refractivity contribution in [3.05, 3.63) is 29.3 Å². The SMILES string of the molecule is CNC(=O)c1ccc(C)c(NC(=O)CNC(=O)[C@@H](N)C(C)C)c1.Cl. The van der Waals surface area contributed by atoms with E-state index in [4.69, 9.17) is 5.73 Å². The van der Waals surface area contributed by atoms with Gasteiger partial charge in [0.2, 0.25) is 11.8 Å². The van der Waals surface area contributed by atoms with Crippen molar-refractivity contribution >= 4 is 35.8 Å². The van der Waals surface area contributed by atoms with E-state index in [1.807, 2.05) is 20.8 Å². The van der Waals surface area contributed by atoms with Crippen molar-refractivity contribution < 1.29 is 14.4 Å². The Bertz CT molecular complexity index is 605. The highest BCUT2D eigenvalue weighted by Gasteiger charge is 2.18. The minimum atomic E-state index is -0.652. The van der Waals surface area contributed by atoms with Crippen LogP contribution in [0.5, 0.6) is 0 Å². The molecule has 0 radical (unpaired) electrons. The predicted molar refractivity (Wildman–Crippen MR) is 96.3 cm³/mol. The van der Waals surface area contributed by atoms with Crippen molar-refractivity contribution in [1.82, 2.24) is 10.6 Å². The van der Waals surface area contributed by atoms with Crippen LogP contribution in [-0.2, 0) is 9.59 Å². The van der Waals surface area contributed by atoms with Gasteiger partial charge in [0.25, 0.3) is 5.91 Å². The third kappa shape index (κ3) is 6.17. The zero-order valence-corrected chi connectivity index (χ0v) is 15.1. The lowest BCUT2D eigenvalue weighted by atomic mass is 10.1. The summed E-state index contributed by atoms with van der Waals surface area (Å²) in [7, 11) is 1.54. The maximum Gasteiger partial charge on any atom is 0.251 e. The van der Waals surface area contributed by atoms with Crippen LogP contribution in [0.15, 0.2) is 18.2 Å². The Labute approximate surface area is 148 Å². The Hall–Kier alpha value is -2.12. The fourth-order valence-electron chi connectivity index (χ4n) is 1.82. The van der Waals surface area contributed by atoms with Gasteiger partial charge >= 0.3 is 0 Å². The molecule has 1 rings (SSSR count). The van der Waals surface area contributed by atoms with Gasteiger partial charge in [0, 0.05) is 18.3 Å². The smallest absolute Gasteiger partial charge is 0.251 e. The summed E-state index contributed by atoms with van der Waals surface area (Å²) in [4.78, 5) is 35.3. The first kappa shape index (κ1) is 21.9. The quantitative estimate of drug-likeness (QED) is 0.604. The van der Waals surface area contributed by atoms with E-state index in [1.54, 1.807) is 18.2 Å². The second-order valence-electron chi connectivity index (χ2n) is 5.64. The molecular formula is C16H25ClN4O3. The average Bonchev–Trinajstić information content (AvgIpc) is 2.52. The molecule has 1 aromatic carbocycles. The zero-order valence-electron chi connectivity index (χ0n) is 14.3. The topological polar surface area (TPSA) is 113 Å². The van der Waals surface area contributed by atoms with Crippen LogP contribution in [0.3, 0.4) is 0 Å². The van der Waals surface area contributed by atoms with Gasteiger partial charge in [-0.3, -0.25) is 14.4 Å². The van der Waals surface area contributed by atoms with Gasteiger partial charge in [-0.25, -0.2) is 0 Å². The van der Waals surface area contributed by atoms with Gasteiger partial charge in [-0.15, -0.1) is 12.4 Å². The Balaban J connectivity index is 0.00000529. The molecule has 0 aliphatic heterocycles. The number of hydrogen-bond acceptors (Lipinski definition) is 4. The summed E-state index contributed by atoms with van der Waals surface area (Å²) in [5.41, 5.74) is 7.49. The van der Waals surface area contributed by atoms with E-state index in [2.05, 4.69) is 16.0 Å². The number of rotatable bonds is 6. The summed E-state index contributed by atoms with van der Waals surface area (Å²) in [5, 5.41) is 7.70. The third-order valence-electron chi connectivity index (χ3n) is 3.45. The van der Waals surface area contributed by atoms with Crippen molar-refractivity contribution in [2.75, 3.05) is 18.9 Å². The molecule has 0 bridgehead atoms. The maximum absolute atomic E-state index is 11.9. The van der Waals surface area contributed by atoms with Gasteiger partial charge in [-0.05, 0) is 30.5 Å². The van der Waals surface area contributed by atoms with Gasteiger partial charge in [-0.2, -0.15) is 0 Å². The standard InChI is InChI=1S/C16H24N4O3.ClH/c1-9(2)14(17)16(23)19-8-13(21)20-12-7-11(15(22)18-4)6-5-10(12)3;/h5-7,9,14H,8,17H2,1-4H3,(H,18,22)(H,19,23)(H,20,21);1H/t14-;/m0./s1. The fraction of sp³-hybridized carbons (Fsp3) is 0.438. The predicted octanol–water partition coefficient (Wildman–Crippen LogP) is 0.814. The molecule has 134 valence electrons. The van der Waals surface area contributed by atoms with Crippen molar-refractivity contribution in [3.63, 3.8) is 0 Å². The van der Waals surface area contributed by atoms with Crippen molar-refractivity contribution in [2.45, 2.75) is 26.8 Å². The zero-order chi connectivity index (χ0) is 17.6. The van der Waals surface area contributed by atoms with Crippen LogP contribution in [0.2, 0.25) is 0 Å². The maximum atomic E-state index is 11.9. The van der Waals surface area contributed by atoms with Gasteiger partial charge in [0.05, 0.1) is 12.6 Å². The van der Waals surface area contributed by atoms with Crippen LogP contribution >= 0.6 is 12.4 Å². The molecular weight excluding hydrogens is 332 g/mol. The van der Waals surface area contributed by atoms with E-state index in [-0.39, 0.29) is 42.6 Å². The Morgan fingerprint density at radius 2 is 1.83 bits per heavy atom. The highest BCUT2D eigenvalue weighted by atomic mass is 35.5. The van der Waals surface area contributed by atoms with E-state index < -0.39 is 6.04 Å². The first-order valence-corrected chi connectivity index (χ1v) is 7.42. The molecule has 0 aliphatic carbocycles. The number of carbonyl (C=O) groups is 3. The van der Waals surface area contributed by atoms with Crippen LogP contribution in [0.25, 0.3) is 0 Å². The summed E-state index contributed by atoms with van der Waals surface area (Å²) in [6.45, 7) is 5.30. The van der Waals surface area contributed by atoms with Crippen LogP contribution in [-0.4, -0.2) is 37.4 Å². The molecule has 1 atom stereocenters. The number of amides is 3. The largest absolute Gasteiger partial charge is 0.355 e. The summed E-state index contributed by atoms with van der Waals surface area (Å²) < 4.78 is 0. The van der Waals surface area contributed by atoms with Crippen molar-refractivity contribution in [1.29, 1.82) is 0 Å². The number of anilines is 1. The number of benzene rings is 1. The minimum absolute atomic E-state index is 0.